The Bertz CT molecular complexity index is 787. The summed E-state index contributed by atoms with van der Waals surface area (Å²) in [6.45, 7) is 0. The maximum Gasteiger partial charge on any atom is 0.225 e. The lowest BCUT2D eigenvalue weighted by atomic mass is 10.3. The molecule has 28 heavy (non-hydrogen) atoms. The highest BCUT2D eigenvalue weighted by molar-refractivity contribution is 8.76. The zero-order valence-electron chi connectivity index (χ0n) is 14.4. The van der Waals surface area contributed by atoms with Crippen LogP contribution in [-0.4, -0.2) is 23.3 Å². The van der Waals surface area contributed by atoms with Crippen molar-refractivity contribution in [3.05, 3.63) is 58.1 Å². The zero-order chi connectivity index (χ0) is 20.5. The molecule has 0 radical (unpaired) electrons. The molecule has 0 fully saturated rings. The summed E-state index contributed by atoms with van der Waals surface area (Å²) in [5.41, 5.74) is 0.0835. The number of rotatable bonds is 9. The molecule has 0 saturated carbocycles. The molecular weight excluding hydrogens is 449 g/mol. The van der Waals surface area contributed by atoms with E-state index in [9.17, 15) is 18.4 Å². The van der Waals surface area contributed by atoms with Gasteiger partial charge < -0.3 is 10.6 Å². The zero-order valence-corrected chi connectivity index (χ0v) is 17.6. The van der Waals surface area contributed by atoms with Crippen LogP contribution < -0.4 is 10.6 Å². The third-order valence-electron chi connectivity index (χ3n) is 3.36. The van der Waals surface area contributed by atoms with E-state index in [1.807, 2.05) is 0 Å². The van der Waals surface area contributed by atoms with Gasteiger partial charge in [-0.2, -0.15) is 0 Å². The van der Waals surface area contributed by atoms with Crippen LogP contribution in [0.4, 0.5) is 20.2 Å². The van der Waals surface area contributed by atoms with Gasteiger partial charge in [-0.1, -0.05) is 56.9 Å². The van der Waals surface area contributed by atoms with Crippen molar-refractivity contribution in [2.75, 3.05) is 22.1 Å². The van der Waals surface area contributed by atoms with Crippen LogP contribution in [0.25, 0.3) is 0 Å². The predicted octanol–water partition coefficient (Wildman–Crippen LogP) is 6.01. The van der Waals surface area contributed by atoms with Gasteiger partial charge in [-0.25, -0.2) is 8.78 Å². The molecule has 0 aliphatic carbocycles. The largest absolute Gasteiger partial charge is 0.324 e. The Labute approximate surface area is 179 Å². The molecular formula is C18H16Cl2F2N2O2S2. The molecule has 2 rings (SSSR count). The Morgan fingerprint density at radius 3 is 1.57 bits per heavy atom. The second-order valence-corrected chi connectivity index (χ2v) is 8.96. The Hall–Kier alpha value is -1.48. The molecule has 0 spiro atoms. The van der Waals surface area contributed by atoms with Gasteiger partial charge in [0.15, 0.2) is 11.6 Å². The minimum Gasteiger partial charge on any atom is -0.324 e. The molecule has 0 aromatic heterocycles. The van der Waals surface area contributed by atoms with Gasteiger partial charge in [-0.15, -0.1) is 0 Å². The first-order valence-electron chi connectivity index (χ1n) is 8.10. The summed E-state index contributed by atoms with van der Waals surface area (Å²) in [7, 11) is 2.83. The number of anilines is 2. The molecule has 2 aromatic carbocycles. The lowest BCUT2D eigenvalue weighted by Gasteiger charge is -2.08. The van der Waals surface area contributed by atoms with Crippen LogP contribution in [-0.2, 0) is 9.59 Å². The number of hydrogen-bond acceptors (Lipinski definition) is 4. The highest BCUT2D eigenvalue weighted by atomic mass is 35.5. The van der Waals surface area contributed by atoms with Crippen LogP contribution in [0.2, 0.25) is 10.0 Å². The Morgan fingerprint density at radius 1 is 0.786 bits per heavy atom. The molecule has 0 atom stereocenters. The average Bonchev–Trinajstić information content (AvgIpc) is 2.65. The first kappa shape index (κ1) is 22.8. The molecule has 2 N–H and O–H groups in total. The van der Waals surface area contributed by atoms with Crippen LogP contribution >= 0.6 is 44.8 Å². The molecule has 0 unspecified atom stereocenters. The van der Waals surface area contributed by atoms with Crippen molar-refractivity contribution in [2.24, 2.45) is 0 Å². The first-order valence-corrected chi connectivity index (χ1v) is 11.3. The van der Waals surface area contributed by atoms with Gasteiger partial charge in [0.05, 0.1) is 21.4 Å². The number of nitrogens with one attached hydrogen (secondary N) is 2. The van der Waals surface area contributed by atoms with Crippen molar-refractivity contribution in [1.29, 1.82) is 0 Å². The van der Waals surface area contributed by atoms with E-state index in [0.717, 1.165) is 0 Å². The maximum absolute atomic E-state index is 13.7. The van der Waals surface area contributed by atoms with Gasteiger partial charge in [0.2, 0.25) is 11.8 Å². The summed E-state index contributed by atoms with van der Waals surface area (Å²) >= 11 is 11.3. The van der Waals surface area contributed by atoms with Crippen molar-refractivity contribution in [1.82, 2.24) is 0 Å². The summed E-state index contributed by atoms with van der Waals surface area (Å²) < 4.78 is 27.4. The quantitative estimate of drug-likeness (QED) is 0.352. The average molecular weight is 465 g/mol. The molecule has 2 aromatic rings. The van der Waals surface area contributed by atoms with E-state index in [4.69, 9.17) is 23.2 Å². The van der Waals surface area contributed by atoms with Gasteiger partial charge in [0.25, 0.3) is 0 Å². The van der Waals surface area contributed by atoms with Gasteiger partial charge >= 0.3 is 0 Å². The summed E-state index contributed by atoms with van der Waals surface area (Å²) in [4.78, 5) is 23.7. The Kier molecular flexibility index (Phi) is 9.37. The number of halogens is 4. The van der Waals surface area contributed by atoms with E-state index in [1.165, 1.54) is 45.9 Å². The number of benzene rings is 2. The van der Waals surface area contributed by atoms with Crippen LogP contribution in [0.15, 0.2) is 36.4 Å². The molecule has 0 heterocycles. The highest BCUT2D eigenvalue weighted by Gasteiger charge is 2.11. The van der Waals surface area contributed by atoms with E-state index in [2.05, 4.69) is 10.6 Å². The standard InChI is InChI=1S/C18H16Cl2F2N2O2S2/c19-11-3-1-5-13(17(11)21)23-15(25)7-9-27-28-10-8-16(26)24-14-6-2-4-12(20)18(14)22/h1-6H,7-10H2,(H,23,25)(H,24,26). The Balaban J connectivity index is 1.61. The van der Waals surface area contributed by atoms with E-state index >= 15 is 0 Å². The minimum absolute atomic E-state index is 0.0417. The third kappa shape index (κ3) is 7.16. The second kappa shape index (κ2) is 11.5. The Morgan fingerprint density at radius 2 is 1.18 bits per heavy atom. The monoisotopic (exact) mass is 464 g/mol. The van der Waals surface area contributed by atoms with Crippen LogP contribution in [0, 0.1) is 11.6 Å². The number of carbonyl (C=O) groups is 2. The highest BCUT2D eigenvalue weighted by Crippen LogP contribution is 2.25. The van der Waals surface area contributed by atoms with Gasteiger partial charge in [0.1, 0.15) is 0 Å². The predicted molar refractivity (Wildman–Crippen MR) is 114 cm³/mol. The van der Waals surface area contributed by atoms with E-state index in [1.54, 1.807) is 12.1 Å². The molecule has 4 nitrogen and oxygen atoms in total. The normalized spacial score (nSPS) is 10.6. The second-order valence-electron chi connectivity index (χ2n) is 5.44. The minimum atomic E-state index is -0.665. The van der Waals surface area contributed by atoms with Crippen molar-refractivity contribution < 1.29 is 18.4 Å². The van der Waals surface area contributed by atoms with Gasteiger partial charge in [-0.05, 0) is 24.3 Å². The van der Waals surface area contributed by atoms with Crippen molar-refractivity contribution in [2.45, 2.75) is 12.8 Å². The summed E-state index contributed by atoms with van der Waals surface area (Å²) in [6.07, 6.45) is 0.368. The third-order valence-corrected chi connectivity index (χ3v) is 6.35. The smallest absolute Gasteiger partial charge is 0.225 e. The molecule has 10 heteroatoms. The summed E-state index contributed by atoms with van der Waals surface area (Å²) in [5, 5.41) is 4.82. The van der Waals surface area contributed by atoms with E-state index in [0.29, 0.717) is 11.5 Å². The molecule has 0 aliphatic heterocycles. The molecule has 150 valence electrons. The fourth-order valence-electron chi connectivity index (χ4n) is 2.01. The first-order chi connectivity index (χ1) is 13.4. The molecule has 0 bridgehead atoms. The number of amides is 2. The number of carbonyl (C=O) groups excluding carboxylic acids is 2. The van der Waals surface area contributed by atoms with Crippen molar-refractivity contribution >= 4 is 68.0 Å². The fourth-order valence-corrected chi connectivity index (χ4v) is 4.34. The van der Waals surface area contributed by atoms with Crippen molar-refractivity contribution in [3.63, 3.8) is 0 Å². The lowest BCUT2D eigenvalue weighted by Crippen LogP contribution is -2.14. The van der Waals surface area contributed by atoms with E-state index in [-0.39, 0.29) is 46.1 Å². The lowest BCUT2D eigenvalue weighted by molar-refractivity contribution is -0.116. The fraction of sp³-hybridized carbons (Fsp3) is 0.222. The van der Waals surface area contributed by atoms with E-state index < -0.39 is 11.6 Å². The maximum atomic E-state index is 13.7. The van der Waals surface area contributed by atoms with Crippen LogP contribution in [0.5, 0.6) is 0 Å². The summed E-state index contributed by atoms with van der Waals surface area (Å²) in [6, 6.07) is 8.76. The molecule has 0 aliphatic rings. The van der Waals surface area contributed by atoms with Gasteiger partial charge in [0, 0.05) is 24.3 Å². The SMILES string of the molecule is O=C(CCSSCCC(=O)Nc1cccc(Cl)c1F)Nc1cccc(Cl)c1F. The molecule has 0 saturated heterocycles. The topological polar surface area (TPSA) is 58.2 Å². The summed E-state index contributed by atoms with van der Waals surface area (Å²) in [5.74, 6) is -1.01. The molecule has 2 amide bonds. The van der Waals surface area contributed by atoms with Gasteiger partial charge in [-0.3, -0.25) is 9.59 Å². The van der Waals surface area contributed by atoms with Crippen molar-refractivity contribution in [3.8, 4) is 0 Å². The van der Waals surface area contributed by atoms with Crippen LogP contribution in [0.1, 0.15) is 12.8 Å². The van der Waals surface area contributed by atoms with Crippen LogP contribution in [0.3, 0.4) is 0 Å². The number of hydrogen-bond donors (Lipinski definition) is 2.